The highest BCUT2D eigenvalue weighted by Crippen LogP contribution is 2.45. The Bertz CT molecular complexity index is 4900. The van der Waals surface area contributed by atoms with Crippen LogP contribution >= 0.6 is 0 Å². The molecule has 5 heterocycles. The normalized spacial score (nSPS) is 13.9. The van der Waals surface area contributed by atoms with E-state index in [4.69, 9.17) is 18.8 Å². The fourth-order valence-corrected chi connectivity index (χ4v) is 12.1. The minimum Gasteiger partial charge on any atom is -0.456 e. The second-order valence-corrected chi connectivity index (χ2v) is 19.6. The van der Waals surface area contributed by atoms with Crippen molar-refractivity contribution in [1.82, 2.24) is 14.5 Å². The van der Waals surface area contributed by atoms with Crippen molar-refractivity contribution in [2.24, 2.45) is 9.98 Å². The second kappa shape index (κ2) is 16.6. The third-order valence-electron chi connectivity index (χ3n) is 15.4. The van der Waals surface area contributed by atoms with Gasteiger partial charge in [0.15, 0.2) is 5.84 Å². The lowest BCUT2D eigenvalue weighted by Crippen LogP contribution is -2.33. The Morgan fingerprint density at radius 3 is 1.33 bits per heavy atom. The number of aromatic nitrogens is 2. The lowest BCUT2D eigenvalue weighted by Gasteiger charge is -2.24. The van der Waals surface area contributed by atoms with Gasteiger partial charge in [0.25, 0.3) is 0 Å². The molecule has 15 aromatic rings. The molecule has 7 nitrogen and oxygen atoms in total. The first kappa shape index (κ1) is 42.3. The number of nitrogens with one attached hydrogen (secondary N) is 1. The molecule has 1 unspecified atom stereocenters. The molecule has 1 aliphatic rings. The Kier molecular flexibility index (Phi) is 9.26. The molecule has 0 saturated carbocycles. The molecular weight excluding hydrogens is 931 g/mol. The van der Waals surface area contributed by atoms with E-state index >= 15 is 0 Å². The molecule has 0 spiro atoms. The summed E-state index contributed by atoms with van der Waals surface area (Å²) in [4.78, 5) is 11.0. The summed E-state index contributed by atoms with van der Waals surface area (Å²) in [5.41, 5.74) is 17.3. The van der Waals surface area contributed by atoms with Gasteiger partial charge in [0.2, 0.25) is 0 Å². The van der Waals surface area contributed by atoms with Gasteiger partial charge in [-0.3, -0.25) is 0 Å². The van der Waals surface area contributed by atoms with Gasteiger partial charge in [-0.05, 0) is 107 Å². The highest BCUT2D eigenvalue weighted by molar-refractivity contribution is 6.25. The summed E-state index contributed by atoms with van der Waals surface area (Å²) in [7, 11) is 0. The fourth-order valence-electron chi connectivity index (χ4n) is 12.1. The molecular formula is C69H43N5O2. The van der Waals surface area contributed by atoms with Crippen molar-refractivity contribution in [1.29, 1.82) is 0 Å². The van der Waals surface area contributed by atoms with E-state index < -0.39 is 6.17 Å². The number of fused-ring (bicyclic) bond motifs is 12. The van der Waals surface area contributed by atoms with Gasteiger partial charge < -0.3 is 23.3 Å². The minimum absolute atomic E-state index is 0.538. The van der Waals surface area contributed by atoms with Gasteiger partial charge in [-0.25, -0.2) is 9.98 Å². The molecule has 0 amide bonds. The van der Waals surface area contributed by atoms with Crippen molar-refractivity contribution in [3.8, 4) is 33.6 Å². The Morgan fingerprint density at radius 1 is 0.342 bits per heavy atom. The summed E-state index contributed by atoms with van der Waals surface area (Å²) in [6.07, 6.45) is -0.538. The van der Waals surface area contributed by atoms with Crippen LogP contribution < -0.4 is 5.32 Å². The van der Waals surface area contributed by atoms with E-state index in [1.165, 1.54) is 32.6 Å². The molecule has 7 heteroatoms. The predicted molar refractivity (Wildman–Crippen MR) is 312 cm³/mol. The maximum atomic E-state index is 6.79. The summed E-state index contributed by atoms with van der Waals surface area (Å²) < 4.78 is 18.3. The standard InChI is InChI=1S/C69H43N5O2/c1-4-18-42(19-5-1)67-70-68(51-28-16-34-61-65(51)63-47(26-14-32-59(63)75-61)43-36-38-57-53(40-43)49-24-10-12-30-55(49)73(57)45-20-6-2-7-21-45)72-69(71-67)52-29-17-35-62-66(52)64-48(27-15-33-60(64)76-62)44-37-39-58-54(41-44)50-25-11-13-31-56(50)74(58)46-22-8-3-9-23-46/h1-41,68H,(H,70,71,72). The van der Waals surface area contributed by atoms with Crippen LogP contribution in [0.25, 0.3) is 121 Å². The highest BCUT2D eigenvalue weighted by Gasteiger charge is 2.28. The van der Waals surface area contributed by atoms with E-state index in [9.17, 15) is 0 Å². The lowest BCUT2D eigenvalue weighted by atomic mass is 9.95. The second-order valence-electron chi connectivity index (χ2n) is 19.6. The van der Waals surface area contributed by atoms with Crippen molar-refractivity contribution in [2.75, 3.05) is 0 Å². The van der Waals surface area contributed by atoms with E-state index in [-0.39, 0.29) is 0 Å². The molecule has 0 fully saturated rings. The molecule has 0 bridgehead atoms. The summed E-state index contributed by atoms with van der Waals surface area (Å²) in [6, 6.07) is 87.8. The zero-order valence-electron chi connectivity index (χ0n) is 40.9. The number of aliphatic imine (C=N–C) groups is 2. The molecule has 1 aliphatic heterocycles. The Morgan fingerprint density at radius 2 is 0.776 bits per heavy atom. The van der Waals surface area contributed by atoms with Gasteiger partial charge in [0.05, 0.1) is 22.1 Å². The molecule has 1 N–H and O–H groups in total. The Labute approximate surface area is 435 Å². The number of amidine groups is 2. The van der Waals surface area contributed by atoms with Gasteiger partial charge >= 0.3 is 0 Å². The monoisotopic (exact) mass is 973 g/mol. The van der Waals surface area contributed by atoms with Crippen LogP contribution in [0.4, 0.5) is 0 Å². The molecule has 76 heavy (non-hydrogen) atoms. The molecule has 1 atom stereocenters. The van der Waals surface area contributed by atoms with Crippen molar-refractivity contribution in [3.63, 3.8) is 0 Å². The average Bonchev–Trinajstić information content (AvgIpc) is 4.38. The molecule has 356 valence electrons. The Balaban J connectivity index is 0.882. The first-order valence-corrected chi connectivity index (χ1v) is 25.8. The number of para-hydroxylation sites is 4. The molecule has 16 rings (SSSR count). The van der Waals surface area contributed by atoms with Gasteiger partial charge in [0, 0.05) is 71.2 Å². The smallest absolute Gasteiger partial charge is 0.160 e. The van der Waals surface area contributed by atoms with Crippen molar-refractivity contribution in [2.45, 2.75) is 6.17 Å². The summed E-state index contributed by atoms with van der Waals surface area (Å²) in [5.74, 6) is 1.34. The zero-order chi connectivity index (χ0) is 49.8. The first-order chi connectivity index (χ1) is 37.7. The number of hydrogen-bond acceptors (Lipinski definition) is 5. The molecule has 11 aromatic carbocycles. The van der Waals surface area contributed by atoms with Crippen LogP contribution in [0.1, 0.15) is 22.9 Å². The third-order valence-corrected chi connectivity index (χ3v) is 15.4. The van der Waals surface area contributed by atoms with Gasteiger partial charge in [-0.1, -0.05) is 164 Å². The molecule has 0 saturated heterocycles. The molecule has 4 aromatic heterocycles. The van der Waals surface area contributed by atoms with E-state index in [2.05, 4.69) is 251 Å². The fraction of sp³-hybridized carbons (Fsp3) is 0.0145. The lowest BCUT2D eigenvalue weighted by molar-refractivity contribution is 0.662. The van der Waals surface area contributed by atoms with Crippen LogP contribution in [0.2, 0.25) is 0 Å². The van der Waals surface area contributed by atoms with Gasteiger partial charge in [-0.2, -0.15) is 0 Å². The Hall–Kier alpha value is -10.2. The maximum absolute atomic E-state index is 6.79. The zero-order valence-corrected chi connectivity index (χ0v) is 40.9. The SMILES string of the molecule is c1ccc(C2=NC(c3cccc4oc5cccc(-c6ccc7c(c6)c6ccccc6n7-c6ccccc6)c5c34)=NC(c3cccc4oc5cccc(-c6ccc7c(c6)c6ccccc6n7-c6ccccc6)c5c34)N2)cc1. The van der Waals surface area contributed by atoms with E-state index in [0.717, 1.165) is 111 Å². The van der Waals surface area contributed by atoms with E-state index in [0.29, 0.717) is 5.84 Å². The number of benzene rings is 11. The highest BCUT2D eigenvalue weighted by atomic mass is 16.3. The van der Waals surface area contributed by atoms with Crippen LogP contribution in [0.5, 0.6) is 0 Å². The van der Waals surface area contributed by atoms with E-state index in [1.807, 2.05) is 12.1 Å². The molecule has 0 radical (unpaired) electrons. The minimum atomic E-state index is -0.538. The third kappa shape index (κ3) is 6.42. The summed E-state index contributed by atoms with van der Waals surface area (Å²) in [5, 5.41) is 12.6. The first-order valence-electron chi connectivity index (χ1n) is 25.8. The van der Waals surface area contributed by atoms with Gasteiger partial charge in [-0.15, -0.1) is 0 Å². The number of furan rings is 2. The number of nitrogens with zero attached hydrogens (tertiary/aromatic N) is 4. The van der Waals surface area contributed by atoms with Gasteiger partial charge in [0.1, 0.15) is 34.3 Å². The van der Waals surface area contributed by atoms with Crippen molar-refractivity contribution >= 4 is 99.2 Å². The number of hydrogen-bond donors (Lipinski definition) is 1. The summed E-state index contributed by atoms with van der Waals surface area (Å²) in [6.45, 7) is 0. The average molecular weight is 974 g/mol. The van der Waals surface area contributed by atoms with Crippen LogP contribution in [0.15, 0.2) is 268 Å². The van der Waals surface area contributed by atoms with Crippen LogP contribution in [-0.2, 0) is 0 Å². The quantitative estimate of drug-likeness (QED) is 0.173. The predicted octanol–water partition coefficient (Wildman–Crippen LogP) is 17.5. The maximum Gasteiger partial charge on any atom is 0.160 e. The van der Waals surface area contributed by atoms with Crippen molar-refractivity contribution in [3.05, 3.63) is 265 Å². The van der Waals surface area contributed by atoms with Crippen LogP contribution in [0.3, 0.4) is 0 Å². The van der Waals surface area contributed by atoms with E-state index in [1.54, 1.807) is 0 Å². The summed E-state index contributed by atoms with van der Waals surface area (Å²) >= 11 is 0. The van der Waals surface area contributed by atoms with Crippen LogP contribution in [0, 0.1) is 0 Å². The van der Waals surface area contributed by atoms with Crippen molar-refractivity contribution < 1.29 is 8.83 Å². The largest absolute Gasteiger partial charge is 0.456 e. The topological polar surface area (TPSA) is 72.9 Å². The number of rotatable bonds is 7. The molecule has 0 aliphatic carbocycles. The van der Waals surface area contributed by atoms with Crippen LogP contribution in [-0.4, -0.2) is 20.8 Å².